The van der Waals surface area contributed by atoms with Crippen LogP contribution in [-0.4, -0.2) is 19.7 Å². The van der Waals surface area contributed by atoms with Gasteiger partial charge in [-0.2, -0.15) is 0 Å². The molecule has 3 aromatic carbocycles. The Morgan fingerprint density at radius 1 is 0.962 bits per heavy atom. The van der Waals surface area contributed by atoms with Gasteiger partial charge >= 0.3 is 0 Å². The highest BCUT2D eigenvalue weighted by molar-refractivity contribution is 7.91. The van der Waals surface area contributed by atoms with Crippen LogP contribution < -0.4 is 5.73 Å². The number of phenols is 1. The van der Waals surface area contributed by atoms with Crippen LogP contribution in [0.2, 0.25) is 0 Å². The molecule has 26 heavy (non-hydrogen) atoms. The Labute approximate surface area is 152 Å². The van der Waals surface area contributed by atoms with Gasteiger partial charge in [0.2, 0.25) is 9.84 Å². The largest absolute Gasteiger partial charge is 0.507 e. The number of phenolic OH excluding ortho intramolecular Hbond substituents is 1. The van der Waals surface area contributed by atoms with Crippen molar-refractivity contribution in [2.24, 2.45) is 4.99 Å². The van der Waals surface area contributed by atoms with Crippen molar-refractivity contribution in [3.63, 3.8) is 0 Å². The van der Waals surface area contributed by atoms with Crippen LogP contribution in [0.1, 0.15) is 11.1 Å². The smallest absolute Gasteiger partial charge is 0.210 e. The summed E-state index contributed by atoms with van der Waals surface area (Å²) in [6, 6.07) is 18.0. The number of nitrogens with zero attached hydrogens (tertiary/aromatic N) is 1. The number of anilines is 1. The highest BCUT2D eigenvalue weighted by atomic mass is 32.2. The lowest BCUT2D eigenvalue weighted by molar-refractivity contribution is 0.474. The van der Waals surface area contributed by atoms with E-state index in [-0.39, 0.29) is 26.9 Å². The van der Waals surface area contributed by atoms with Gasteiger partial charge in [-0.1, -0.05) is 35.9 Å². The second-order valence-corrected chi connectivity index (χ2v) is 7.72. The third kappa shape index (κ3) is 3.45. The molecule has 0 heterocycles. The number of nitrogens with two attached hydrogens (primary N) is 1. The highest BCUT2D eigenvalue weighted by Crippen LogP contribution is 2.34. The normalized spacial score (nSPS) is 11.7. The molecule has 0 radical (unpaired) electrons. The standard InChI is InChI=1S/C20H18N2O3S/c1-14-9-11-16(12-10-14)26(24,25)20-17(21)6-4-7-18(20)22-13-15-5-2-3-8-19(15)23/h2-13,23H,21H2,1H3. The Morgan fingerprint density at radius 3 is 2.35 bits per heavy atom. The summed E-state index contributed by atoms with van der Waals surface area (Å²) < 4.78 is 26.1. The molecule has 0 bridgehead atoms. The summed E-state index contributed by atoms with van der Waals surface area (Å²) in [5.41, 5.74) is 7.75. The maximum atomic E-state index is 13.1. The van der Waals surface area contributed by atoms with Crippen LogP contribution in [0.3, 0.4) is 0 Å². The summed E-state index contributed by atoms with van der Waals surface area (Å²) in [4.78, 5) is 4.37. The number of aliphatic imine (C=N–C) groups is 1. The Morgan fingerprint density at radius 2 is 1.65 bits per heavy atom. The second kappa shape index (κ2) is 7.01. The molecule has 3 N–H and O–H groups in total. The fourth-order valence-electron chi connectivity index (χ4n) is 2.51. The molecule has 0 fully saturated rings. The maximum Gasteiger partial charge on any atom is 0.210 e. The van der Waals surface area contributed by atoms with Gasteiger partial charge in [-0.3, -0.25) is 4.99 Å². The number of aromatic hydroxyl groups is 1. The molecule has 132 valence electrons. The lowest BCUT2D eigenvalue weighted by Crippen LogP contribution is -2.06. The number of hydrogen-bond acceptors (Lipinski definition) is 5. The van der Waals surface area contributed by atoms with Gasteiger partial charge in [0.05, 0.1) is 16.3 Å². The number of hydrogen-bond donors (Lipinski definition) is 2. The molecule has 0 saturated carbocycles. The molecule has 5 nitrogen and oxygen atoms in total. The Balaban J connectivity index is 2.11. The van der Waals surface area contributed by atoms with E-state index in [2.05, 4.69) is 4.99 Å². The SMILES string of the molecule is Cc1ccc(S(=O)(=O)c2c(N)cccc2N=Cc2ccccc2O)cc1. The molecule has 0 aliphatic carbocycles. The first-order chi connectivity index (χ1) is 12.4. The van der Waals surface area contributed by atoms with E-state index in [1.165, 1.54) is 18.3 Å². The predicted octanol–water partition coefficient (Wildman–Crippen LogP) is 3.87. The molecule has 0 saturated heterocycles. The zero-order valence-corrected chi connectivity index (χ0v) is 14.9. The number of nitrogen functional groups attached to an aromatic ring is 1. The monoisotopic (exact) mass is 366 g/mol. The highest BCUT2D eigenvalue weighted by Gasteiger charge is 2.24. The summed E-state index contributed by atoms with van der Waals surface area (Å²) in [7, 11) is -3.83. The molecule has 0 aromatic heterocycles. The van der Waals surface area contributed by atoms with Crippen LogP contribution in [0.15, 0.2) is 81.5 Å². The van der Waals surface area contributed by atoms with E-state index in [1.807, 2.05) is 6.92 Å². The lowest BCUT2D eigenvalue weighted by Gasteiger charge is -2.11. The van der Waals surface area contributed by atoms with Gasteiger partial charge in [0.1, 0.15) is 10.6 Å². The summed E-state index contributed by atoms with van der Waals surface area (Å²) in [5.74, 6) is 0.0584. The maximum absolute atomic E-state index is 13.1. The first-order valence-electron chi connectivity index (χ1n) is 7.92. The van der Waals surface area contributed by atoms with Crippen molar-refractivity contribution in [3.05, 3.63) is 77.9 Å². The minimum absolute atomic E-state index is 0.0458. The second-order valence-electron chi connectivity index (χ2n) is 5.83. The number of benzene rings is 3. The van der Waals surface area contributed by atoms with Gasteiger partial charge in [-0.15, -0.1) is 0 Å². The zero-order chi connectivity index (χ0) is 18.7. The van der Waals surface area contributed by atoms with Crippen LogP contribution >= 0.6 is 0 Å². The van der Waals surface area contributed by atoms with Gasteiger partial charge in [0.25, 0.3) is 0 Å². The number of sulfone groups is 1. The Kier molecular flexibility index (Phi) is 4.77. The van der Waals surface area contributed by atoms with Crippen molar-refractivity contribution >= 4 is 27.4 Å². The van der Waals surface area contributed by atoms with Crippen molar-refractivity contribution < 1.29 is 13.5 Å². The summed E-state index contributed by atoms with van der Waals surface area (Å²) in [6.45, 7) is 1.88. The van der Waals surface area contributed by atoms with Crippen LogP contribution in [-0.2, 0) is 9.84 Å². The van der Waals surface area contributed by atoms with E-state index < -0.39 is 9.84 Å². The third-order valence-electron chi connectivity index (χ3n) is 3.90. The molecular formula is C20H18N2O3S. The lowest BCUT2D eigenvalue weighted by atomic mass is 10.2. The number of aryl methyl sites for hydroxylation is 1. The van der Waals surface area contributed by atoms with Crippen LogP contribution in [0.4, 0.5) is 11.4 Å². The molecule has 0 unspecified atom stereocenters. The summed E-state index contributed by atoms with van der Waals surface area (Å²) in [6.07, 6.45) is 1.41. The minimum Gasteiger partial charge on any atom is -0.507 e. The first kappa shape index (κ1) is 17.7. The average molecular weight is 366 g/mol. The van der Waals surface area contributed by atoms with Gasteiger partial charge in [0.15, 0.2) is 0 Å². The number of para-hydroxylation sites is 1. The van der Waals surface area contributed by atoms with E-state index in [0.717, 1.165) is 5.56 Å². The van der Waals surface area contributed by atoms with Gasteiger partial charge in [0, 0.05) is 11.8 Å². The molecule has 0 aliphatic heterocycles. The molecule has 0 spiro atoms. The predicted molar refractivity (Wildman–Crippen MR) is 103 cm³/mol. The summed E-state index contributed by atoms with van der Waals surface area (Å²) in [5, 5.41) is 9.84. The van der Waals surface area contributed by atoms with E-state index in [9.17, 15) is 13.5 Å². The van der Waals surface area contributed by atoms with E-state index in [0.29, 0.717) is 5.56 Å². The summed E-state index contributed by atoms with van der Waals surface area (Å²) >= 11 is 0. The van der Waals surface area contributed by atoms with E-state index in [1.54, 1.807) is 54.6 Å². The van der Waals surface area contributed by atoms with Crippen molar-refractivity contribution in [2.45, 2.75) is 16.7 Å². The number of rotatable bonds is 4. The molecule has 3 aromatic rings. The molecule has 0 aliphatic rings. The Hall–Kier alpha value is -3.12. The zero-order valence-electron chi connectivity index (χ0n) is 14.1. The van der Waals surface area contributed by atoms with Crippen molar-refractivity contribution in [2.75, 3.05) is 5.73 Å². The molecule has 6 heteroatoms. The van der Waals surface area contributed by atoms with Crippen molar-refractivity contribution in [1.82, 2.24) is 0 Å². The average Bonchev–Trinajstić information content (AvgIpc) is 2.61. The van der Waals surface area contributed by atoms with Gasteiger partial charge < -0.3 is 10.8 Å². The molecule has 3 rings (SSSR count). The fourth-order valence-corrected chi connectivity index (χ4v) is 4.01. The fraction of sp³-hybridized carbons (Fsp3) is 0.0500. The van der Waals surface area contributed by atoms with Gasteiger partial charge in [-0.25, -0.2) is 8.42 Å². The quantitative estimate of drug-likeness (QED) is 0.541. The van der Waals surface area contributed by atoms with Crippen molar-refractivity contribution in [1.29, 1.82) is 0 Å². The topological polar surface area (TPSA) is 92.8 Å². The van der Waals surface area contributed by atoms with E-state index >= 15 is 0 Å². The first-order valence-corrected chi connectivity index (χ1v) is 9.40. The molecule has 0 atom stereocenters. The minimum atomic E-state index is -3.83. The van der Waals surface area contributed by atoms with Crippen molar-refractivity contribution in [3.8, 4) is 5.75 Å². The van der Waals surface area contributed by atoms with E-state index in [4.69, 9.17) is 5.73 Å². The Bertz CT molecular complexity index is 1070. The molecule has 0 amide bonds. The van der Waals surface area contributed by atoms with Crippen LogP contribution in [0.25, 0.3) is 0 Å². The third-order valence-corrected chi connectivity index (χ3v) is 5.78. The van der Waals surface area contributed by atoms with Crippen LogP contribution in [0, 0.1) is 6.92 Å². The van der Waals surface area contributed by atoms with Gasteiger partial charge in [-0.05, 0) is 43.3 Å². The molecular weight excluding hydrogens is 348 g/mol. The van der Waals surface area contributed by atoms with Crippen LogP contribution in [0.5, 0.6) is 5.75 Å².